The highest BCUT2D eigenvalue weighted by Gasteiger charge is 2.34. The van der Waals surface area contributed by atoms with Crippen LogP contribution in [0, 0.1) is 0 Å². The number of aliphatic hydroxyl groups is 1. The number of benzene rings is 5. The molecule has 0 unspecified atom stereocenters. The third-order valence-corrected chi connectivity index (χ3v) is 8.75. The highest BCUT2D eigenvalue weighted by molar-refractivity contribution is 5.57. The summed E-state index contributed by atoms with van der Waals surface area (Å²) >= 11 is 0. The second kappa shape index (κ2) is 18.2. The highest BCUT2D eigenvalue weighted by atomic mass is 16.5. The molecule has 0 saturated carbocycles. The molecule has 7 heteroatoms. The minimum Gasteiger partial charge on any atom is -0.493 e. The van der Waals surface area contributed by atoms with Crippen molar-refractivity contribution in [3.05, 3.63) is 143 Å². The van der Waals surface area contributed by atoms with Gasteiger partial charge < -0.3 is 33.5 Å². The maximum absolute atomic E-state index is 11.7. The van der Waals surface area contributed by atoms with Crippen molar-refractivity contribution in [1.82, 2.24) is 0 Å². The first-order valence-electron chi connectivity index (χ1n) is 18.1. The van der Waals surface area contributed by atoms with Crippen LogP contribution in [0.25, 0.3) is 0 Å². The molecule has 1 heterocycles. The maximum atomic E-state index is 11.7. The van der Waals surface area contributed by atoms with Crippen molar-refractivity contribution in [2.45, 2.75) is 78.0 Å². The van der Waals surface area contributed by atoms with Gasteiger partial charge >= 0.3 is 0 Å². The molecule has 5 aromatic carbocycles. The zero-order valence-corrected chi connectivity index (χ0v) is 29.6. The molecule has 0 saturated heterocycles. The Labute approximate surface area is 301 Å². The summed E-state index contributed by atoms with van der Waals surface area (Å²) in [5.74, 6) is 3.49. The van der Waals surface area contributed by atoms with Crippen molar-refractivity contribution in [3.63, 3.8) is 0 Å². The minimum absolute atomic E-state index is 0.317. The van der Waals surface area contributed by atoms with E-state index in [2.05, 4.69) is 13.8 Å². The quantitative estimate of drug-likeness (QED) is 0.0919. The van der Waals surface area contributed by atoms with E-state index in [1.54, 1.807) is 0 Å². The molecule has 7 nitrogen and oxygen atoms in total. The fraction of sp³-hybridized carbons (Fsp3) is 0.318. The van der Waals surface area contributed by atoms with Crippen LogP contribution in [-0.2, 0) is 26.2 Å². The molecule has 0 radical (unpaired) electrons. The van der Waals surface area contributed by atoms with E-state index >= 15 is 0 Å². The third-order valence-electron chi connectivity index (χ3n) is 8.75. The lowest BCUT2D eigenvalue weighted by Gasteiger charge is -2.33. The number of unbranched alkanes of at least 4 members (excludes halogenated alkanes) is 2. The van der Waals surface area contributed by atoms with E-state index in [0.717, 1.165) is 47.9 Å². The van der Waals surface area contributed by atoms with Crippen LogP contribution in [0.15, 0.2) is 115 Å². The molecular weight excluding hydrogens is 640 g/mol. The Morgan fingerprint density at radius 1 is 0.588 bits per heavy atom. The van der Waals surface area contributed by atoms with Gasteiger partial charge in [0.1, 0.15) is 37.1 Å². The molecule has 0 bridgehead atoms. The number of ether oxygens (including phenoxy) is 6. The van der Waals surface area contributed by atoms with Gasteiger partial charge in [0.05, 0.1) is 19.3 Å². The van der Waals surface area contributed by atoms with Gasteiger partial charge in [-0.05, 0) is 41.7 Å². The van der Waals surface area contributed by atoms with E-state index in [4.69, 9.17) is 28.4 Å². The lowest BCUT2D eigenvalue weighted by atomic mass is 9.93. The Morgan fingerprint density at radius 2 is 1.10 bits per heavy atom. The Bertz CT molecular complexity index is 1730. The van der Waals surface area contributed by atoms with Crippen molar-refractivity contribution in [2.24, 2.45) is 0 Å². The van der Waals surface area contributed by atoms with Crippen LogP contribution in [0.4, 0.5) is 0 Å². The van der Waals surface area contributed by atoms with Crippen LogP contribution in [0.3, 0.4) is 0 Å². The summed E-state index contributed by atoms with van der Waals surface area (Å²) in [5, 5.41) is 11.7. The first-order valence-corrected chi connectivity index (χ1v) is 18.1. The topological polar surface area (TPSA) is 75.6 Å². The molecule has 0 aliphatic carbocycles. The van der Waals surface area contributed by atoms with Crippen molar-refractivity contribution >= 4 is 0 Å². The number of hydrogen-bond donors (Lipinski definition) is 1. The van der Waals surface area contributed by atoms with Crippen LogP contribution >= 0.6 is 0 Å². The van der Waals surface area contributed by atoms with Crippen LogP contribution in [0.5, 0.6) is 34.5 Å². The van der Waals surface area contributed by atoms with E-state index < -0.39 is 12.2 Å². The van der Waals surface area contributed by atoms with Crippen LogP contribution < -0.4 is 28.4 Å². The molecule has 0 fully saturated rings. The molecule has 0 spiro atoms. The average Bonchev–Trinajstić information content (AvgIpc) is 3.17. The van der Waals surface area contributed by atoms with Gasteiger partial charge in [-0.1, -0.05) is 118 Å². The summed E-state index contributed by atoms with van der Waals surface area (Å²) in [6.07, 6.45) is 2.70. The van der Waals surface area contributed by atoms with Crippen molar-refractivity contribution in [2.75, 3.05) is 13.2 Å². The van der Waals surface area contributed by atoms with Gasteiger partial charge in [0.25, 0.3) is 0 Å². The fourth-order valence-electron chi connectivity index (χ4n) is 5.91. The molecule has 1 aliphatic heterocycles. The molecule has 266 valence electrons. The van der Waals surface area contributed by atoms with Crippen LogP contribution in [0.1, 0.15) is 73.5 Å². The first kappa shape index (κ1) is 35.7. The van der Waals surface area contributed by atoms with E-state index in [1.807, 2.05) is 115 Å². The largest absolute Gasteiger partial charge is 0.493 e. The number of hydrogen-bond acceptors (Lipinski definition) is 7. The van der Waals surface area contributed by atoms with Gasteiger partial charge in [0, 0.05) is 29.7 Å². The maximum Gasteiger partial charge on any atom is 0.203 e. The van der Waals surface area contributed by atoms with Crippen LogP contribution in [0.2, 0.25) is 0 Å². The molecular formula is C44H48O7. The Hall–Kier alpha value is -5.14. The molecule has 2 atom stereocenters. The molecule has 6 rings (SSSR count). The molecule has 0 amide bonds. The van der Waals surface area contributed by atoms with E-state index in [-0.39, 0.29) is 0 Å². The van der Waals surface area contributed by atoms with E-state index in [9.17, 15) is 5.11 Å². The van der Waals surface area contributed by atoms with Crippen molar-refractivity contribution in [3.8, 4) is 34.5 Å². The SMILES string of the molecule is CCCCOc1cc(OCCCC)c2c(c1)O[C@H](c1cc(OCc3ccccc3)c(OCc3ccccc3)c(OCc3ccccc3)c1)[C@H](O)C2. The molecule has 0 aromatic heterocycles. The lowest BCUT2D eigenvalue weighted by molar-refractivity contribution is 0.0191. The number of fused-ring (bicyclic) bond motifs is 1. The zero-order chi connectivity index (χ0) is 35.3. The standard InChI is InChI=1S/C44H48O7/c1-3-5-22-46-36-26-39(47-23-6-4-2)37-28-38(45)43(51-40(37)27-36)35-24-41(48-29-32-16-10-7-11-17-32)44(50-31-34-20-14-9-15-21-34)42(25-35)49-30-33-18-12-8-13-19-33/h7-21,24-27,38,43,45H,3-6,22-23,28-31H2,1-2H3/t38-,43-/m1/s1. The van der Waals surface area contributed by atoms with Crippen molar-refractivity contribution in [1.29, 1.82) is 0 Å². The van der Waals surface area contributed by atoms with Crippen molar-refractivity contribution < 1.29 is 33.5 Å². The Morgan fingerprint density at radius 3 is 1.63 bits per heavy atom. The lowest BCUT2D eigenvalue weighted by Crippen LogP contribution is -2.31. The van der Waals surface area contributed by atoms with Gasteiger partial charge in [-0.3, -0.25) is 0 Å². The predicted octanol–water partition coefficient (Wildman–Crippen LogP) is 9.82. The zero-order valence-electron chi connectivity index (χ0n) is 29.6. The second-order valence-electron chi connectivity index (χ2n) is 12.8. The summed E-state index contributed by atoms with van der Waals surface area (Å²) in [6.45, 7) is 6.41. The molecule has 51 heavy (non-hydrogen) atoms. The second-order valence-corrected chi connectivity index (χ2v) is 12.8. The minimum atomic E-state index is -0.863. The van der Waals surface area contributed by atoms with Gasteiger partial charge in [-0.2, -0.15) is 0 Å². The summed E-state index contributed by atoms with van der Waals surface area (Å²) in [4.78, 5) is 0. The Balaban J connectivity index is 1.37. The Kier molecular flexibility index (Phi) is 12.7. The molecule has 1 aliphatic rings. The normalized spacial score (nSPS) is 15.0. The van der Waals surface area contributed by atoms with E-state index in [1.165, 1.54) is 0 Å². The number of rotatable bonds is 18. The number of aliphatic hydroxyl groups excluding tert-OH is 1. The third kappa shape index (κ3) is 9.77. The summed E-state index contributed by atoms with van der Waals surface area (Å²) in [5.41, 5.74) is 4.58. The summed E-state index contributed by atoms with van der Waals surface area (Å²) in [7, 11) is 0. The van der Waals surface area contributed by atoms with Gasteiger partial charge in [-0.15, -0.1) is 0 Å². The highest BCUT2D eigenvalue weighted by Crippen LogP contribution is 2.47. The fourth-order valence-corrected chi connectivity index (χ4v) is 5.91. The summed E-state index contributed by atoms with van der Waals surface area (Å²) < 4.78 is 38.5. The van der Waals surface area contributed by atoms with Crippen LogP contribution in [-0.4, -0.2) is 24.4 Å². The smallest absolute Gasteiger partial charge is 0.203 e. The first-order chi connectivity index (χ1) is 25.1. The van der Waals surface area contributed by atoms with Gasteiger partial charge in [0.2, 0.25) is 5.75 Å². The van der Waals surface area contributed by atoms with E-state index in [0.29, 0.717) is 79.5 Å². The monoisotopic (exact) mass is 688 g/mol. The van der Waals surface area contributed by atoms with Gasteiger partial charge in [0.15, 0.2) is 17.6 Å². The average molecular weight is 689 g/mol. The predicted molar refractivity (Wildman–Crippen MR) is 199 cm³/mol. The molecule has 5 aromatic rings. The molecule has 1 N–H and O–H groups in total. The summed E-state index contributed by atoms with van der Waals surface area (Å²) in [6, 6.07) is 37.6. The van der Waals surface area contributed by atoms with Gasteiger partial charge in [-0.25, -0.2) is 0 Å².